The number of anilines is 1. The first-order valence-corrected chi connectivity index (χ1v) is 6.30. The van der Waals surface area contributed by atoms with Gasteiger partial charge >= 0.3 is 6.18 Å². The first-order valence-electron chi connectivity index (χ1n) is 6.30. The van der Waals surface area contributed by atoms with E-state index in [1.807, 2.05) is 20.8 Å². The summed E-state index contributed by atoms with van der Waals surface area (Å²) in [4.78, 5) is 1.80. The summed E-state index contributed by atoms with van der Waals surface area (Å²) >= 11 is 0. The Morgan fingerprint density at radius 3 is 2.25 bits per heavy atom. The van der Waals surface area contributed by atoms with Gasteiger partial charge in [-0.2, -0.15) is 13.2 Å². The maximum absolute atomic E-state index is 13.1. The van der Waals surface area contributed by atoms with Crippen LogP contribution in [0.2, 0.25) is 0 Å². The van der Waals surface area contributed by atoms with Crippen LogP contribution in [-0.2, 0) is 6.18 Å². The molecule has 0 saturated carbocycles. The number of hydrogen-bond donors (Lipinski definition) is 2. The molecule has 0 aliphatic rings. The van der Waals surface area contributed by atoms with Crippen LogP contribution in [0.25, 0.3) is 0 Å². The molecule has 0 bridgehead atoms. The standard InChI is InChI=1S/C14H20F3N3/c1-5-13(2,3)20(4)9-6-7-10(12(18)19)11(8-9)14(15,16)17/h6-8H,5H2,1-4H3,(H3,18,19). The third kappa shape index (κ3) is 3.23. The van der Waals surface area contributed by atoms with E-state index in [0.717, 1.165) is 12.5 Å². The van der Waals surface area contributed by atoms with Crippen LogP contribution in [-0.4, -0.2) is 18.4 Å². The molecular formula is C14H20F3N3. The molecular weight excluding hydrogens is 267 g/mol. The molecule has 0 saturated heterocycles. The molecule has 3 N–H and O–H groups in total. The van der Waals surface area contributed by atoms with Gasteiger partial charge in [-0.05, 0) is 38.5 Å². The van der Waals surface area contributed by atoms with Gasteiger partial charge in [-0.25, -0.2) is 0 Å². The van der Waals surface area contributed by atoms with Crippen molar-refractivity contribution in [1.82, 2.24) is 0 Å². The lowest BCUT2D eigenvalue weighted by Crippen LogP contribution is -2.40. The predicted octanol–water partition coefficient (Wildman–Crippen LogP) is 3.61. The molecule has 112 valence electrons. The summed E-state index contributed by atoms with van der Waals surface area (Å²) in [6, 6.07) is 3.86. The smallest absolute Gasteiger partial charge is 0.384 e. The molecule has 0 spiro atoms. The number of amidine groups is 1. The molecule has 1 rings (SSSR count). The maximum Gasteiger partial charge on any atom is 0.417 e. The number of nitrogens with two attached hydrogens (primary N) is 1. The Hall–Kier alpha value is -1.72. The monoisotopic (exact) mass is 287 g/mol. The van der Waals surface area contributed by atoms with E-state index >= 15 is 0 Å². The summed E-state index contributed by atoms with van der Waals surface area (Å²) in [6.45, 7) is 5.89. The Morgan fingerprint density at radius 1 is 1.30 bits per heavy atom. The van der Waals surface area contributed by atoms with Crippen molar-refractivity contribution in [2.75, 3.05) is 11.9 Å². The first-order chi connectivity index (χ1) is 9.00. The summed E-state index contributed by atoms with van der Waals surface area (Å²) in [5, 5.41) is 7.26. The number of benzene rings is 1. The first kappa shape index (κ1) is 16.3. The second kappa shape index (κ2) is 5.34. The molecule has 0 aliphatic carbocycles. The van der Waals surface area contributed by atoms with Crippen molar-refractivity contribution < 1.29 is 13.2 Å². The zero-order valence-electron chi connectivity index (χ0n) is 12.1. The van der Waals surface area contributed by atoms with E-state index in [1.54, 1.807) is 18.0 Å². The molecule has 0 aromatic heterocycles. The highest BCUT2D eigenvalue weighted by atomic mass is 19.4. The van der Waals surface area contributed by atoms with Crippen molar-refractivity contribution in [3.63, 3.8) is 0 Å². The second-order valence-electron chi connectivity index (χ2n) is 5.37. The minimum absolute atomic E-state index is 0.263. The highest BCUT2D eigenvalue weighted by Gasteiger charge is 2.35. The summed E-state index contributed by atoms with van der Waals surface area (Å²) in [5.74, 6) is -0.582. The molecule has 0 fully saturated rings. The summed E-state index contributed by atoms with van der Waals surface area (Å²) in [7, 11) is 1.76. The van der Waals surface area contributed by atoms with Gasteiger partial charge in [0.15, 0.2) is 0 Å². The van der Waals surface area contributed by atoms with E-state index < -0.39 is 17.6 Å². The third-order valence-corrected chi connectivity index (χ3v) is 3.76. The molecule has 0 atom stereocenters. The van der Waals surface area contributed by atoms with Crippen LogP contribution in [0.5, 0.6) is 0 Å². The fraction of sp³-hybridized carbons (Fsp3) is 0.500. The molecule has 0 unspecified atom stereocenters. The van der Waals surface area contributed by atoms with Crippen molar-refractivity contribution in [2.45, 2.75) is 38.9 Å². The Morgan fingerprint density at radius 2 is 1.85 bits per heavy atom. The van der Waals surface area contributed by atoms with Gasteiger partial charge in [-0.15, -0.1) is 0 Å². The Labute approximate surface area is 117 Å². The lowest BCUT2D eigenvalue weighted by molar-refractivity contribution is -0.137. The fourth-order valence-electron chi connectivity index (χ4n) is 1.80. The number of halogens is 3. The number of rotatable bonds is 4. The van der Waals surface area contributed by atoms with Crippen LogP contribution in [0.3, 0.4) is 0 Å². The maximum atomic E-state index is 13.1. The predicted molar refractivity (Wildman–Crippen MR) is 75.2 cm³/mol. The molecule has 0 amide bonds. The highest BCUT2D eigenvalue weighted by Crippen LogP contribution is 2.35. The normalized spacial score (nSPS) is 12.3. The minimum Gasteiger partial charge on any atom is -0.384 e. The average Bonchev–Trinajstić information content (AvgIpc) is 2.35. The quantitative estimate of drug-likeness (QED) is 0.656. The van der Waals surface area contributed by atoms with Gasteiger partial charge in [0.2, 0.25) is 0 Å². The van der Waals surface area contributed by atoms with Crippen molar-refractivity contribution in [3.8, 4) is 0 Å². The topological polar surface area (TPSA) is 53.1 Å². The van der Waals surface area contributed by atoms with Crippen LogP contribution in [0.15, 0.2) is 18.2 Å². The van der Waals surface area contributed by atoms with Gasteiger partial charge < -0.3 is 10.6 Å². The van der Waals surface area contributed by atoms with Crippen LogP contribution >= 0.6 is 0 Å². The van der Waals surface area contributed by atoms with Crippen LogP contribution in [0.4, 0.5) is 18.9 Å². The van der Waals surface area contributed by atoms with Gasteiger partial charge in [0.1, 0.15) is 5.84 Å². The van der Waals surface area contributed by atoms with Gasteiger partial charge in [-0.3, -0.25) is 5.41 Å². The lowest BCUT2D eigenvalue weighted by Gasteiger charge is -2.37. The zero-order chi connectivity index (χ0) is 15.7. The fourth-order valence-corrected chi connectivity index (χ4v) is 1.80. The van der Waals surface area contributed by atoms with Crippen molar-refractivity contribution in [2.24, 2.45) is 5.73 Å². The molecule has 6 heteroatoms. The molecule has 1 aromatic carbocycles. The molecule has 3 nitrogen and oxygen atoms in total. The zero-order valence-corrected chi connectivity index (χ0v) is 12.1. The number of nitrogens with zero attached hydrogens (tertiary/aromatic N) is 1. The van der Waals surface area contributed by atoms with Crippen molar-refractivity contribution >= 4 is 11.5 Å². The van der Waals surface area contributed by atoms with E-state index in [-0.39, 0.29) is 11.1 Å². The Kier molecular flexibility index (Phi) is 4.36. The van der Waals surface area contributed by atoms with Crippen molar-refractivity contribution in [3.05, 3.63) is 29.3 Å². The van der Waals surface area contributed by atoms with Crippen LogP contribution in [0, 0.1) is 5.41 Å². The lowest BCUT2D eigenvalue weighted by atomic mass is 9.97. The SMILES string of the molecule is CCC(C)(C)N(C)c1ccc(C(=N)N)c(C(F)(F)F)c1. The summed E-state index contributed by atoms with van der Waals surface area (Å²) in [6.07, 6.45) is -3.74. The average molecular weight is 287 g/mol. The number of nitrogens with one attached hydrogen (secondary N) is 1. The number of nitrogen functional groups attached to an aromatic ring is 1. The second-order valence-corrected chi connectivity index (χ2v) is 5.37. The van der Waals surface area contributed by atoms with Gasteiger partial charge in [-0.1, -0.05) is 6.92 Å². The van der Waals surface area contributed by atoms with E-state index in [0.29, 0.717) is 5.69 Å². The van der Waals surface area contributed by atoms with Gasteiger partial charge in [0.25, 0.3) is 0 Å². The minimum atomic E-state index is -4.53. The molecule has 0 heterocycles. The van der Waals surface area contributed by atoms with Gasteiger partial charge in [0, 0.05) is 23.8 Å². The third-order valence-electron chi connectivity index (χ3n) is 3.76. The highest BCUT2D eigenvalue weighted by molar-refractivity contribution is 5.97. The van der Waals surface area contributed by atoms with E-state index in [4.69, 9.17) is 11.1 Å². The van der Waals surface area contributed by atoms with Crippen LogP contribution in [0.1, 0.15) is 38.3 Å². The Bertz CT molecular complexity index is 507. The molecule has 1 aromatic rings. The summed E-state index contributed by atoms with van der Waals surface area (Å²) in [5.41, 5.74) is 4.25. The largest absolute Gasteiger partial charge is 0.417 e. The van der Waals surface area contributed by atoms with E-state index in [2.05, 4.69) is 0 Å². The molecule has 0 aliphatic heterocycles. The van der Waals surface area contributed by atoms with Crippen LogP contribution < -0.4 is 10.6 Å². The summed E-state index contributed by atoms with van der Waals surface area (Å²) < 4.78 is 39.2. The van der Waals surface area contributed by atoms with E-state index in [9.17, 15) is 13.2 Å². The number of alkyl halides is 3. The van der Waals surface area contributed by atoms with E-state index in [1.165, 1.54) is 6.07 Å². The molecule has 0 radical (unpaired) electrons. The number of hydrogen-bond acceptors (Lipinski definition) is 2. The van der Waals surface area contributed by atoms with Gasteiger partial charge in [0.05, 0.1) is 5.56 Å². The van der Waals surface area contributed by atoms with Crippen molar-refractivity contribution in [1.29, 1.82) is 5.41 Å². The molecule has 20 heavy (non-hydrogen) atoms. The Balaban J connectivity index is 3.37.